The van der Waals surface area contributed by atoms with Crippen LogP contribution in [-0.2, 0) is 43.4 Å². The van der Waals surface area contributed by atoms with Crippen molar-refractivity contribution in [3.8, 4) is 33.8 Å². The summed E-state index contributed by atoms with van der Waals surface area (Å²) in [6, 6.07) is 38.8. The second-order valence-electron chi connectivity index (χ2n) is 11.4. The van der Waals surface area contributed by atoms with E-state index in [1.165, 1.54) is 34.0 Å². The topological polar surface area (TPSA) is 206 Å². The minimum absolute atomic E-state index is 0. The van der Waals surface area contributed by atoms with Crippen molar-refractivity contribution in [2.45, 2.75) is 27.9 Å². The fraction of sp³-hybridized carbons (Fsp3) is 0.156. The van der Waals surface area contributed by atoms with Crippen LogP contribution in [0.2, 0.25) is 0 Å². The summed E-state index contributed by atoms with van der Waals surface area (Å²) in [5.41, 5.74) is 11.4. The van der Waals surface area contributed by atoms with Crippen LogP contribution in [0.15, 0.2) is 137 Å². The standard InChI is InChI=1S/C12H11NO2S.C10H9NOS.C10H7NOS.C8H7BrO.C4H7NO2S.CH4.Mn.2O/c1-2-15-12(14)11-13-10(8-16-11)9-6-4-3-5-7-9;2*12-6-10-11-9(7-13-10)8-4-2-1-3-5-8;9-6-8(10)7-4-2-1-3-5-7;1-2-7-4(6)3(5)8;;;;/h3-8H,2H2,1H3;1-5,7,12H,6H2;1-7H;1-5H,6H2;2H2,1H3,(H2,5,8);1H4;;;. The number of ketones is 1. The molecule has 7 rings (SSSR count). The second kappa shape index (κ2) is 34.0. The first-order chi connectivity index (χ1) is 30.5. The predicted molar refractivity (Wildman–Crippen MR) is 256 cm³/mol. The van der Waals surface area contributed by atoms with Gasteiger partial charge in [0.1, 0.15) is 5.01 Å². The molecule has 0 radical (unpaired) electrons. The fourth-order valence-electron chi connectivity index (χ4n) is 4.41. The number of carbonyl (C=O) groups excluding carboxylic acids is 4. The zero-order valence-electron chi connectivity index (χ0n) is 33.7. The summed E-state index contributed by atoms with van der Waals surface area (Å²) in [6.45, 7) is 4.19. The molecule has 3 N–H and O–H groups in total. The van der Waals surface area contributed by atoms with E-state index in [4.69, 9.17) is 23.2 Å². The molecule has 13 nitrogen and oxygen atoms in total. The van der Waals surface area contributed by atoms with Crippen molar-refractivity contribution in [2.24, 2.45) is 5.73 Å². The Kier molecular flexibility index (Phi) is 30.0. The molecule has 0 bridgehead atoms. The fourth-order valence-corrected chi connectivity index (χ4v) is 6.80. The van der Waals surface area contributed by atoms with Crippen LogP contribution in [0.25, 0.3) is 33.8 Å². The molecule has 0 aliphatic carbocycles. The number of hydrogen-bond donors (Lipinski definition) is 2. The minimum atomic E-state index is -1.44. The van der Waals surface area contributed by atoms with E-state index in [1.807, 2.05) is 137 Å². The van der Waals surface area contributed by atoms with Crippen LogP contribution < -0.4 is 5.73 Å². The summed E-state index contributed by atoms with van der Waals surface area (Å²) in [5.74, 6) is -0.835. The summed E-state index contributed by atoms with van der Waals surface area (Å²) < 4.78 is 26.1. The van der Waals surface area contributed by atoms with E-state index in [0.29, 0.717) is 28.6 Å². The molecule has 0 unspecified atom stereocenters. The first kappa shape index (κ1) is 56.5. The number of esters is 2. The van der Waals surface area contributed by atoms with Crippen LogP contribution in [0.5, 0.6) is 0 Å². The molecule has 337 valence electrons. The molecule has 19 heteroatoms. The number of carbonyl (C=O) groups is 4. The normalized spacial score (nSPS) is 9.25. The number of nitrogens with zero attached hydrogens (tertiary/aromatic N) is 3. The molecule has 0 fully saturated rings. The predicted octanol–water partition coefficient (Wildman–Crippen LogP) is 10.4. The van der Waals surface area contributed by atoms with Crippen molar-refractivity contribution < 1.29 is 56.2 Å². The number of rotatable bonds is 10. The van der Waals surface area contributed by atoms with Gasteiger partial charge in [-0.25, -0.2) is 24.5 Å². The Morgan fingerprint density at radius 2 is 1.12 bits per heavy atom. The van der Waals surface area contributed by atoms with Gasteiger partial charge in [-0.15, -0.1) is 34.0 Å². The van der Waals surface area contributed by atoms with Gasteiger partial charge in [0, 0.05) is 38.4 Å². The Balaban J connectivity index is 0.000000399. The Morgan fingerprint density at radius 3 is 1.50 bits per heavy atom. The summed E-state index contributed by atoms with van der Waals surface area (Å²) in [4.78, 5) is 55.5. The van der Waals surface area contributed by atoms with Crippen LogP contribution in [0.4, 0.5) is 0 Å². The number of nitrogens with two attached hydrogens (primary N) is 1. The van der Waals surface area contributed by atoms with Crippen molar-refractivity contribution in [1.29, 1.82) is 0 Å². The number of Topliss-reactive ketones (excluding diaryl/α,β-unsaturated/α-hetero) is 1. The molecule has 0 saturated carbocycles. The van der Waals surface area contributed by atoms with E-state index < -0.39 is 20.8 Å². The van der Waals surface area contributed by atoms with E-state index in [9.17, 15) is 19.2 Å². The molecule has 3 aromatic heterocycles. The van der Waals surface area contributed by atoms with Gasteiger partial charge in [0.15, 0.2) is 22.1 Å². The van der Waals surface area contributed by atoms with Gasteiger partial charge in [0.25, 0.3) is 0 Å². The van der Waals surface area contributed by atoms with Crippen molar-refractivity contribution in [1.82, 2.24) is 15.0 Å². The van der Waals surface area contributed by atoms with Gasteiger partial charge < -0.3 is 20.3 Å². The monoisotopic (exact) mass is 1050 g/mol. The van der Waals surface area contributed by atoms with Crippen molar-refractivity contribution >= 4 is 91.2 Å². The number of aromatic nitrogens is 3. The van der Waals surface area contributed by atoms with Crippen LogP contribution in [0.1, 0.15) is 56.2 Å². The SMILES string of the molecule is C.CCOC(=O)C(N)=S.CCOC(=O)c1nc(-c2ccccc2)cs1.O=C(CBr)c1ccccc1.O=Cc1nc(-c2ccccc2)cs1.OCc1nc(-c2ccccc2)cs1.[O]=[Mn]=[O]. The van der Waals surface area contributed by atoms with Gasteiger partial charge in [-0.05, 0) is 13.8 Å². The van der Waals surface area contributed by atoms with Gasteiger partial charge in [0.2, 0.25) is 5.01 Å². The number of halogens is 1. The summed E-state index contributed by atoms with van der Waals surface area (Å²) in [6.07, 6.45) is 0.775. The van der Waals surface area contributed by atoms with E-state index in [0.717, 1.165) is 50.6 Å². The molecule has 0 spiro atoms. The van der Waals surface area contributed by atoms with E-state index in [2.05, 4.69) is 47.8 Å². The number of benzene rings is 4. The van der Waals surface area contributed by atoms with Crippen LogP contribution in [0, 0.1) is 0 Å². The van der Waals surface area contributed by atoms with Gasteiger partial charge in [-0.3, -0.25) is 9.59 Å². The average Bonchev–Trinajstić information content (AvgIpc) is 4.14. The third-order valence-electron chi connectivity index (χ3n) is 7.17. The molecule has 0 atom stereocenters. The molecule has 0 aliphatic rings. The summed E-state index contributed by atoms with van der Waals surface area (Å²) >= 11 is 10.1. The number of thiocarbonyl (C=S) groups is 1. The summed E-state index contributed by atoms with van der Waals surface area (Å²) in [5, 5.41) is 16.6. The number of ether oxygens (including phenoxy) is 2. The molecular weight excluding hydrogens is 1000 g/mol. The Morgan fingerprint density at radius 1 is 0.703 bits per heavy atom. The summed E-state index contributed by atoms with van der Waals surface area (Å²) in [7, 11) is 0. The molecule has 0 saturated heterocycles. The molecule has 0 amide bonds. The van der Waals surface area contributed by atoms with Crippen molar-refractivity contribution in [2.75, 3.05) is 18.5 Å². The number of aldehydes is 1. The van der Waals surface area contributed by atoms with Crippen LogP contribution in [0.3, 0.4) is 0 Å². The molecule has 64 heavy (non-hydrogen) atoms. The molecule has 7 aromatic rings. The zero-order chi connectivity index (χ0) is 46.2. The van der Waals surface area contributed by atoms with Gasteiger partial charge in [-0.1, -0.05) is 157 Å². The number of aliphatic hydroxyl groups excluding tert-OH is 1. The number of alkyl halides is 1. The van der Waals surface area contributed by atoms with Gasteiger partial charge >= 0.3 is 34.4 Å². The molecular formula is C45H45BrMnN4O9S4. The number of hydrogen-bond acceptors (Lipinski definition) is 16. The Bertz CT molecular complexity index is 2450. The van der Waals surface area contributed by atoms with Crippen LogP contribution in [-0.4, -0.2) is 67.6 Å². The second-order valence-corrected chi connectivity index (χ2v) is 15.3. The molecule has 0 aliphatic heterocycles. The van der Waals surface area contributed by atoms with Crippen molar-refractivity contribution in [3.63, 3.8) is 0 Å². The van der Waals surface area contributed by atoms with Gasteiger partial charge in [-0.2, -0.15) is 0 Å². The average molecular weight is 1050 g/mol. The zero-order valence-corrected chi connectivity index (χ0v) is 39.7. The van der Waals surface area contributed by atoms with E-state index >= 15 is 0 Å². The molecule has 3 heterocycles. The van der Waals surface area contributed by atoms with Crippen molar-refractivity contribution in [3.05, 3.63) is 158 Å². The van der Waals surface area contributed by atoms with E-state index in [-0.39, 0.29) is 30.8 Å². The third-order valence-corrected chi connectivity index (χ3v) is 10.3. The maximum atomic E-state index is 11.4. The first-order valence-corrected chi connectivity index (χ1v) is 23.4. The number of thiazole rings is 3. The Hall–Kier alpha value is -5.50. The van der Waals surface area contributed by atoms with Crippen LogP contribution >= 0.6 is 62.2 Å². The maximum absolute atomic E-state index is 11.4. The van der Waals surface area contributed by atoms with E-state index in [1.54, 1.807) is 13.8 Å². The Labute approximate surface area is 403 Å². The third kappa shape index (κ3) is 21.7. The molecule has 4 aromatic carbocycles. The number of aliphatic hydroxyl groups is 1. The first-order valence-electron chi connectivity index (χ1n) is 18.3. The van der Waals surface area contributed by atoms with Gasteiger partial charge in [0.05, 0.1) is 42.2 Å². The quantitative estimate of drug-likeness (QED) is 0.0327.